The van der Waals surface area contributed by atoms with Gasteiger partial charge in [0.05, 0.1) is 11.1 Å². The first kappa shape index (κ1) is 16.3. The van der Waals surface area contributed by atoms with E-state index in [1.807, 2.05) is 0 Å². The van der Waals surface area contributed by atoms with Gasteiger partial charge in [0.15, 0.2) is 0 Å². The summed E-state index contributed by atoms with van der Waals surface area (Å²) in [5.41, 5.74) is -0.269. The number of carbonyl (C=O) groups is 3. The largest absolute Gasteiger partial charge is 0.519 e. The van der Waals surface area contributed by atoms with Crippen molar-refractivity contribution in [2.24, 2.45) is 0 Å². The van der Waals surface area contributed by atoms with E-state index in [1.165, 1.54) is 12.1 Å². The number of aromatic carboxylic acids is 2. The molecule has 7 nitrogen and oxygen atoms in total. The predicted molar refractivity (Wildman–Crippen MR) is 78.5 cm³/mol. The molecule has 2 aliphatic heterocycles. The molecule has 0 saturated heterocycles. The van der Waals surface area contributed by atoms with E-state index in [0.717, 1.165) is 6.07 Å². The summed E-state index contributed by atoms with van der Waals surface area (Å²) in [7, 11) is 0. The number of carboxylic acid groups (broad SMARTS) is 2. The molecule has 2 N–H and O–H groups in total. The van der Waals surface area contributed by atoms with Crippen LogP contribution in [0.15, 0.2) is 42.5 Å². The number of hydrogen-bond donors (Lipinski definition) is 2. The van der Waals surface area contributed by atoms with E-state index in [4.69, 9.17) is 21.8 Å². The van der Waals surface area contributed by atoms with E-state index in [2.05, 4.69) is 9.47 Å². The smallest absolute Gasteiger partial charge is 0.478 e. The van der Waals surface area contributed by atoms with Gasteiger partial charge in [0, 0.05) is 5.02 Å². The minimum Gasteiger partial charge on any atom is -0.478 e. The van der Waals surface area contributed by atoms with Crippen molar-refractivity contribution in [2.45, 2.75) is 0 Å². The van der Waals surface area contributed by atoms with Crippen LogP contribution in [0.3, 0.4) is 0 Å². The molecule has 2 aromatic rings. The first-order chi connectivity index (χ1) is 10.8. The summed E-state index contributed by atoms with van der Waals surface area (Å²) in [6.07, 6.45) is -0.667. The SMILES string of the molecule is O=C(O)c1cc(Cl)cc(C(=O)O)c1.O=C1Oc2ccc(cc2)O1. The molecule has 2 aliphatic rings. The van der Waals surface area contributed by atoms with Gasteiger partial charge in [-0.15, -0.1) is 0 Å². The Morgan fingerprint density at radius 2 is 1.22 bits per heavy atom. The second kappa shape index (κ2) is 6.80. The van der Waals surface area contributed by atoms with Gasteiger partial charge in [-0.1, -0.05) is 11.6 Å². The molecule has 8 heteroatoms. The predicted octanol–water partition coefficient (Wildman–Crippen LogP) is 3.31. The summed E-state index contributed by atoms with van der Waals surface area (Å²) in [4.78, 5) is 31.5. The molecular formula is C15H9ClO7. The fourth-order valence-corrected chi connectivity index (χ4v) is 1.86. The molecule has 2 bridgehead atoms. The van der Waals surface area contributed by atoms with Crippen LogP contribution in [0.1, 0.15) is 20.7 Å². The van der Waals surface area contributed by atoms with Crippen molar-refractivity contribution in [3.05, 3.63) is 58.6 Å². The molecule has 2 aromatic carbocycles. The van der Waals surface area contributed by atoms with Crippen LogP contribution in [-0.2, 0) is 0 Å². The van der Waals surface area contributed by atoms with E-state index < -0.39 is 18.1 Å². The minimum atomic E-state index is -1.20. The number of carboxylic acids is 2. The maximum atomic E-state index is 10.6. The van der Waals surface area contributed by atoms with Gasteiger partial charge in [0.2, 0.25) is 0 Å². The molecular weight excluding hydrogens is 328 g/mol. The Morgan fingerprint density at radius 3 is 1.57 bits per heavy atom. The van der Waals surface area contributed by atoms with Gasteiger partial charge in [0.1, 0.15) is 11.5 Å². The Labute approximate surface area is 134 Å². The van der Waals surface area contributed by atoms with Gasteiger partial charge in [-0.2, -0.15) is 0 Å². The molecule has 0 aromatic heterocycles. The number of ether oxygens (including phenoxy) is 2. The zero-order valence-electron chi connectivity index (χ0n) is 11.4. The lowest BCUT2D eigenvalue weighted by Crippen LogP contribution is -2.10. The third kappa shape index (κ3) is 4.45. The highest BCUT2D eigenvalue weighted by molar-refractivity contribution is 6.31. The highest BCUT2D eigenvalue weighted by Crippen LogP contribution is 2.21. The molecule has 23 heavy (non-hydrogen) atoms. The van der Waals surface area contributed by atoms with Gasteiger partial charge < -0.3 is 19.7 Å². The Hall–Kier alpha value is -3.06. The Kier molecular flexibility index (Phi) is 4.82. The van der Waals surface area contributed by atoms with Crippen molar-refractivity contribution in [1.29, 1.82) is 0 Å². The van der Waals surface area contributed by atoms with Crippen molar-refractivity contribution >= 4 is 29.7 Å². The van der Waals surface area contributed by atoms with Gasteiger partial charge in [-0.25, -0.2) is 14.4 Å². The normalized spacial score (nSPS) is 11.4. The van der Waals surface area contributed by atoms with Crippen molar-refractivity contribution in [1.82, 2.24) is 0 Å². The monoisotopic (exact) mass is 336 g/mol. The van der Waals surface area contributed by atoms with Gasteiger partial charge in [-0.05, 0) is 42.5 Å². The minimum absolute atomic E-state index is 0.0947. The maximum Gasteiger partial charge on any atom is 0.519 e. The molecule has 2 heterocycles. The molecule has 0 spiro atoms. The second-order valence-corrected chi connectivity index (χ2v) is 4.70. The average Bonchev–Trinajstić information content (AvgIpc) is 2.77. The fourth-order valence-electron chi connectivity index (χ4n) is 1.63. The molecule has 118 valence electrons. The molecule has 0 aliphatic carbocycles. The van der Waals surface area contributed by atoms with E-state index in [9.17, 15) is 14.4 Å². The van der Waals surface area contributed by atoms with Gasteiger partial charge in [0.25, 0.3) is 0 Å². The zero-order chi connectivity index (χ0) is 17.0. The summed E-state index contributed by atoms with van der Waals surface area (Å²) in [5, 5.41) is 17.2. The second-order valence-electron chi connectivity index (χ2n) is 4.26. The van der Waals surface area contributed by atoms with Crippen LogP contribution in [-0.4, -0.2) is 28.3 Å². The molecule has 0 atom stereocenters. The number of rotatable bonds is 2. The maximum absolute atomic E-state index is 10.6. The van der Waals surface area contributed by atoms with E-state index in [1.54, 1.807) is 24.3 Å². The highest BCUT2D eigenvalue weighted by atomic mass is 35.5. The lowest BCUT2D eigenvalue weighted by Gasteiger charge is -1.98. The molecule has 0 radical (unpaired) electrons. The molecule has 0 saturated carbocycles. The quantitative estimate of drug-likeness (QED) is 0.639. The van der Waals surface area contributed by atoms with Crippen LogP contribution in [0.5, 0.6) is 11.5 Å². The molecule has 0 fully saturated rings. The van der Waals surface area contributed by atoms with Crippen LogP contribution in [0.25, 0.3) is 0 Å². The third-order valence-corrected chi connectivity index (χ3v) is 2.84. The highest BCUT2D eigenvalue weighted by Gasteiger charge is 2.12. The summed E-state index contributed by atoms with van der Waals surface area (Å²) in [6.45, 7) is 0. The molecule has 0 unspecified atom stereocenters. The van der Waals surface area contributed by atoms with Crippen LogP contribution in [0.2, 0.25) is 5.02 Å². The number of fused-ring (bicyclic) bond motifs is 4. The lowest BCUT2D eigenvalue weighted by molar-refractivity contribution is 0.0696. The summed E-state index contributed by atoms with van der Waals surface area (Å²) < 4.78 is 9.33. The molecule has 4 rings (SSSR count). The summed E-state index contributed by atoms with van der Waals surface area (Å²) >= 11 is 5.51. The van der Waals surface area contributed by atoms with E-state index in [-0.39, 0.29) is 16.1 Å². The number of halogens is 1. The van der Waals surface area contributed by atoms with E-state index >= 15 is 0 Å². The van der Waals surface area contributed by atoms with Gasteiger partial charge in [-0.3, -0.25) is 0 Å². The van der Waals surface area contributed by atoms with Crippen LogP contribution < -0.4 is 9.47 Å². The Bertz CT molecular complexity index is 709. The van der Waals surface area contributed by atoms with Crippen molar-refractivity contribution in [3.8, 4) is 11.5 Å². The number of benzene rings is 2. The average molecular weight is 337 g/mol. The standard InChI is InChI=1S/C8H5ClO4.C7H4O3/c9-6-2-4(7(10)11)1-5(3-6)8(12)13;8-7-9-5-1-2-6(10-7)4-3-5/h1-3H,(H,10,11)(H,12,13);1-4H. The number of hydrogen-bond acceptors (Lipinski definition) is 5. The van der Waals surface area contributed by atoms with Crippen LogP contribution in [0, 0.1) is 0 Å². The lowest BCUT2D eigenvalue weighted by atomic mass is 10.1. The van der Waals surface area contributed by atoms with E-state index in [0.29, 0.717) is 11.5 Å². The summed E-state index contributed by atoms with van der Waals surface area (Å²) in [6, 6.07) is 10.2. The number of carbonyl (C=O) groups excluding carboxylic acids is 1. The Morgan fingerprint density at radius 1 is 0.826 bits per heavy atom. The Balaban J connectivity index is 0.000000172. The molecule has 0 amide bonds. The third-order valence-electron chi connectivity index (χ3n) is 2.62. The topological polar surface area (TPSA) is 110 Å². The zero-order valence-corrected chi connectivity index (χ0v) is 12.1. The van der Waals surface area contributed by atoms with Crippen LogP contribution >= 0.6 is 11.6 Å². The first-order valence-electron chi connectivity index (χ1n) is 6.12. The first-order valence-corrected chi connectivity index (χ1v) is 6.50. The van der Waals surface area contributed by atoms with Crippen molar-refractivity contribution in [3.63, 3.8) is 0 Å². The summed E-state index contributed by atoms with van der Waals surface area (Å²) in [5.74, 6) is -1.37. The van der Waals surface area contributed by atoms with Crippen molar-refractivity contribution < 1.29 is 34.1 Å². The van der Waals surface area contributed by atoms with Gasteiger partial charge >= 0.3 is 18.1 Å². The fraction of sp³-hybridized carbons (Fsp3) is 0. The van der Waals surface area contributed by atoms with Crippen LogP contribution in [0.4, 0.5) is 4.79 Å². The van der Waals surface area contributed by atoms with Crippen molar-refractivity contribution in [2.75, 3.05) is 0 Å².